The van der Waals surface area contributed by atoms with Crippen molar-refractivity contribution in [2.24, 2.45) is 0 Å². The molecule has 1 unspecified atom stereocenters. The lowest BCUT2D eigenvalue weighted by Crippen LogP contribution is -2.21. The molecule has 4 heteroatoms. The molecule has 0 aliphatic heterocycles. The highest BCUT2D eigenvalue weighted by atomic mass is 35.5. The number of halogens is 1. The Hall–Kier alpha value is -1.97. The van der Waals surface area contributed by atoms with Gasteiger partial charge in [-0.05, 0) is 41.9 Å². The highest BCUT2D eigenvalue weighted by Gasteiger charge is 2.13. The molecule has 106 valence electrons. The van der Waals surface area contributed by atoms with Gasteiger partial charge >= 0.3 is 0 Å². The van der Waals surface area contributed by atoms with E-state index in [0.29, 0.717) is 0 Å². The number of rotatable bonds is 4. The molecule has 0 radical (unpaired) electrons. The molecule has 0 amide bonds. The van der Waals surface area contributed by atoms with Crippen molar-refractivity contribution in [1.29, 1.82) is 0 Å². The van der Waals surface area contributed by atoms with Crippen LogP contribution in [0, 0.1) is 0 Å². The van der Waals surface area contributed by atoms with Crippen molar-refractivity contribution in [2.45, 2.75) is 13.0 Å². The van der Waals surface area contributed by atoms with E-state index in [-0.39, 0.29) is 6.04 Å². The summed E-state index contributed by atoms with van der Waals surface area (Å²) in [7, 11) is 0. The largest absolute Gasteiger partial charge is 0.307 e. The Balaban J connectivity index is 2.04. The van der Waals surface area contributed by atoms with Crippen LogP contribution in [0.25, 0.3) is 11.0 Å². The van der Waals surface area contributed by atoms with Gasteiger partial charge in [-0.3, -0.25) is 9.97 Å². The molecule has 0 bridgehead atoms. The van der Waals surface area contributed by atoms with Crippen LogP contribution in [0.1, 0.15) is 24.1 Å². The van der Waals surface area contributed by atoms with Gasteiger partial charge in [-0.15, -0.1) is 0 Å². The van der Waals surface area contributed by atoms with Gasteiger partial charge in [0.2, 0.25) is 0 Å². The van der Waals surface area contributed by atoms with Gasteiger partial charge < -0.3 is 5.32 Å². The normalized spacial score (nSPS) is 12.5. The molecule has 0 saturated heterocycles. The third kappa shape index (κ3) is 3.04. The van der Waals surface area contributed by atoms with Crippen LogP contribution in [0.4, 0.5) is 0 Å². The summed E-state index contributed by atoms with van der Waals surface area (Å²) in [5.74, 6) is 0. The lowest BCUT2D eigenvalue weighted by atomic mass is 9.98. The van der Waals surface area contributed by atoms with Gasteiger partial charge in [-0.1, -0.05) is 36.7 Å². The van der Waals surface area contributed by atoms with Crippen LogP contribution in [0.2, 0.25) is 5.02 Å². The van der Waals surface area contributed by atoms with Crippen molar-refractivity contribution in [3.8, 4) is 0 Å². The minimum Gasteiger partial charge on any atom is -0.307 e. The molecule has 0 spiro atoms. The molecule has 1 aromatic heterocycles. The Labute approximate surface area is 129 Å². The van der Waals surface area contributed by atoms with Crippen molar-refractivity contribution in [2.75, 3.05) is 6.54 Å². The zero-order chi connectivity index (χ0) is 14.7. The smallest absolute Gasteiger partial charge is 0.0890 e. The summed E-state index contributed by atoms with van der Waals surface area (Å²) in [6, 6.07) is 14.3. The summed E-state index contributed by atoms with van der Waals surface area (Å²) in [4.78, 5) is 8.69. The molecular formula is C17H16ClN3. The van der Waals surface area contributed by atoms with E-state index in [1.54, 1.807) is 12.4 Å². The number of aromatic nitrogens is 2. The standard InChI is InChI=1S/C17H16ClN3/c1-2-19-17(12-3-6-14(18)7-4-12)13-5-8-15-16(11-13)21-10-9-20-15/h3-11,17,19H,2H2,1H3. The summed E-state index contributed by atoms with van der Waals surface area (Å²) in [6.45, 7) is 2.98. The second-order valence-electron chi connectivity index (χ2n) is 4.85. The predicted octanol–water partition coefficient (Wildman–Crippen LogP) is 3.98. The zero-order valence-corrected chi connectivity index (χ0v) is 12.5. The van der Waals surface area contributed by atoms with Crippen molar-refractivity contribution in [3.63, 3.8) is 0 Å². The van der Waals surface area contributed by atoms with Crippen molar-refractivity contribution >= 4 is 22.6 Å². The third-order valence-corrected chi connectivity index (χ3v) is 3.69. The van der Waals surface area contributed by atoms with Crippen LogP contribution in [0.15, 0.2) is 54.9 Å². The SMILES string of the molecule is CCNC(c1ccc(Cl)cc1)c1ccc2nccnc2c1. The van der Waals surface area contributed by atoms with E-state index in [1.807, 2.05) is 18.2 Å². The van der Waals surface area contributed by atoms with Crippen LogP contribution in [-0.4, -0.2) is 16.5 Å². The summed E-state index contributed by atoms with van der Waals surface area (Å²) in [5, 5.41) is 4.26. The van der Waals surface area contributed by atoms with Gasteiger partial charge in [0, 0.05) is 17.4 Å². The minimum atomic E-state index is 0.124. The molecule has 0 aliphatic rings. The minimum absolute atomic E-state index is 0.124. The van der Waals surface area contributed by atoms with E-state index in [9.17, 15) is 0 Å². The van der Waals surface area contributed by atoms with Gasteiger partial charge in [0.1, 0.15) is 0 Å². The maximum Gasteiger partial charge on any atom is 0.0890 e. The first kappa shape index (κ1) is 14.0. The topological polar surface area (TPSA) is 37.8 Å². The number of nitrogens with one attached hydrogen (secondary N) is 1. The van der Waals surface area contributed by atoms with Crippen LogP contribution in [0.5, 0.6) is 0 Å². The van der Waals surface area contributed by atoms with E-state index >= 15 is 0 Å². The molecule has 3 nitrogen and oxygen atoms in total. The summed E-state index contributed by atoms with van der Waals surface area (Å²) in [6.07, 6.45) is 3.43. The van der Waals surface area contributed by atoms with Crippen LogP contribution >= 0.6 is 11.6 Å². The maximum atomic E-state index is 5.98. The molecule has 0 fully saturated rings. The monoisotopic (exact) mass is 297 g/mol. The van der Waals surface area contributed by atoms with Crippen LogP contribution in [-0.2, 0) is 0 Å². The summed E-state index contributed by atoms with van der Waals surface area (Å²) in [5.41, 5.74) is 4.18. The fourth-order valence-corrected chi connectivity index (χ4v) is 2.57. The van der Waals surface area contributed by atoms with E-state index < -0.39 is 0 Å². The number of hydrogen-bond acceptors (Lipinski definition) is 3. The van der Waals surface area contributed by atoms with Gasteiger partial charge in [0.25, 0.3) is 0 Å². The predicted molar refractivity (Wildman–Crippen MR) is 86.5 cm³/mol. The quantitative estimate of drug-likeness (QED) is 0.791. The van der Waals surface area contributed by atoms with Crippen LogP contribution < -0.4 is 5.32 Å². The fraction of sp³-hybridized carbons (Fsp3) is 0.176. The molecule has 3 aromatic rings. The first-order chi connectivity index (χ1) is 10.3. The van der Waals surface area contributed by atoms with Crippen molar-refractivity contribution < 1.29 is 0 Å². The molecule has 2 aromatic carbocycles. The Morgan fingerprint density at radius 3 is 2.33 bits per heavy atom. The number of benzene rings is 2. The van der Waals surface area contributed by atoms with Gasteiger partial charge in [-0.2, -0.15) is 0 Å². The van der Waals surface area contributed by atoms with Gasteiger partial charge in [0.15, 0.2) is 0 Å². The van der Waals surface area contributed by atoms with Crippen molar-refractivity contribution in [1.82, 2.24) is 15.3 Å². The lowest BCUT2D eigenvalue weighted by molar-refractivity contribution is 0.631. The Bertz CT molecular complexity index is 740. The average Bonchev–Trinajstić information content (AvgIpc) is 2.53. The van der Waals surface area contributed by atoms with Gasteiger partial charge in [-0.25, -0.2) is 0 Å². The highest BCUT2D eigenvalue weighted by Crippen LogP contribution is 2.25. The summed E-state index contributed by atoms with van der Waals surface area (Å²) < 4.78 is 0. The van der Waals surface area contributed by atoms with E-state index in [0.717, 1.165) is 22.6 Å². The van der Waals surface area contributed by atoms with Gasteiger partial charge in [0.05, 0.1) is 17.1 Å². The first-order valence-electron chi connectivity index (χ1n) is 6.97. The van der Waals surface area contributed by atoms with Crippen LogP contribution in [0.3, 0.4) is 0 Å². The van der Waals surface area contributed by atoms with E-state index in [1.165, 1.54) is 11.1 Å². The molecule has 1 heterocycles. The molecule has 3 rings (SSSR count). The maximum absolute atomic E-state index is 5.98. The molecule has 21 heavy (non-hydrogen) atoms. The number of nitrogens with zero attached hydrogens (tertiary/aromatic N) is 2. The number of hydrogen-bond donors (Lipinski definition) is 1. The Morgan fingerprint density at radius 2 is 1.62 bits per heavy atom. The fourth-order valence-electron chi connectivity index (χ4n) is 2.45. The summed E-state index contributed by atoms with van der Waals surface area (Å²) >= 11 is 5.98. The first-order valence-corrected chi connectivity index (χ1v) is 7.35. The molecule has 0 saturated carbocycles. The zero-order valence-electron chi connectivity index (χ0n) is 11.8. The molecular weight excluding hydrogens is 282 g/mol. The molecule has 0 aliphatic carbocycles. The third-order valence-electron chi connectivity index (χ3n) is 3.44. The average molecular weight is 298 g/mol. The Kier molecular flexibility index (Phi) is 4.13. The van der Waals surface area contributed by atoms with E-state index in [4.69, 9.17) is 11.6 Å². The highest BCUT2D eigenvalue weighted by molar-refractivity contribution is 6.30. The molecule has 1 atom stereocenters. The second kappa shape index (κ2) is 6.20. The van der Waals surface area contributed by atoms with E-state index in [2.05, 4.69) is 46.5 Å². The molecule has 1 N–H and O–H groups in total. The Morgan fingerprint density at radius 1 is 0.952 bits per heavy atom. The second-order valence-corrected chi connectivity index (χ2v) is 5.28. The number of fused-ring (bicyclic) bond motifs is 1. The van der Waals surface area contributed by atoms with Crippen molar-refractivity contribution in [3.05, 3.63) is 71.0 Å². The lowest BCUT2D eigenvalue weighted by Gasteiger charge is -2.19.